The Morgan fingerprint density at radius 2 is 2.14 bits per heavy atom. The van der Waals surface area contributed by atoms with Crippen LogP contribution in [-0.4, -0.2) is 44.4 Å². The summed E-state index contributed by atoms with van der Waals surface area (Å²) in [6.07, 6.45) is 3.93. The molecule has 21 heavy (non-hydrogen) atoms. The summed E-state index contributed by atoms with van der Waals surface area (Å²) in [6, 6.07) is 2.87. The fourth-order valence-electron chi connectivity index (χ4n) is 2.83. The number of aryl methyl sites for hydroxylation is 1. The van der Waals surface area contributed by atoms with E-state index in [4.69, 9.17) is 0 Å². The molecule has 1 saturated heterocycles. The van der Waals surface area contributed by atoms with E-state index in [0.717, 1.165) is 25.7 Å². The molecule has 1 aromatic rings. The summed E-state index contributed by atoms with van der Waals surface area (Å²) in [4.78, 5) is 25.6. The molecule has 0 radical (unpaired) electrons. The van der Waals surface area contributed by atoms with E-state index in [1.807, 2.05) is 6.92 Å². The predicted molar refractivity (Wildman–Crippen MR) is 77.0 cm³/mol. The highest BCUT2D eigenvalue weighted by Gasteiger charge is 2.53. The summed E-state index contributed by atoms with van der Waals surface area (Å²) in [7, 11) is 0. The normalized spacial score (nSPS) is 20.2. The Kier molecular flexibility index (Phi) is 3.57. The monoisotopic (exact) mass is 291 g/mol. The fourth-order valence-corrected chi connectivity index (χ4v) is 2.83. The Balaban J connectivity index is 1.69. The minimum atomic E-state index is -0.688. The highest BCUT2D eigenvalue weighted by atomic mass is 16.3. The molecular weight excluding hydrogens is 270 g/mol. The van der Waals surface area contributed by atoms with Crippen LogP contribution in [0.2, 0.25) is 0 Å². The maximum atomic E-state index is 12.3. The number of likely N-dealkylation sites (tertiary alicyclic amines) is 1. The number of aliphatic hydroxyl groups is 1. The molecule has 0 atom stereocenters. The van der Waals surface area contributed by atoms with Gasteiger partial charge in [0.2, 0.25) is 0 Å². The average Bonchev–Trinajstić information content (AvgIpc) is 3.27. The first-order chi connectivity index (χ1) is 10.0. The second kappa shape index (κ2) is 5.26. The van der Waals surface area contributed by atoms with Gasteiger partial charge >= 0.3 is 0 Å². The van der Waals surface area contributed by atoms with Crippen LogP contribution in [0.4, 0.5) is 0 Å². The predicted octanol–water partition coefficient (Wildman–Crippen LogP) is 0.640. The van der Waals surface area contributed by atoms with Crippen molar-refractivity contribution in [2.75, 3.05) is 13.1 Å². The maximum Gasteiger partial charge on any atom is 0.274 e. The molecule has 1 amide bonds. The first-order valence-corrected chi connectivity index (χ1v) is 7.63. The van der Waals surface area contributed by atoms with E-state index in [1.165, 1.54) is 16.8 Å². The first-order valence-electron chi connectivity index (χ1n) is 7.63. The molecule has 6 nitrogen and oxygen atoms in total. The highest BCUT2D eigenvalue weighted by Crippen LogP contribution is 2.44. The van der Waals surface area contributed by atoms with Gasteiger partial charge in [-0.1, -0.05) is 13.3 Å². The van der Waals surface area contributed by atoms with Crippen LogP contribution < -0.4 is 5.56 Å². The van der Waals surface area contributed by atoms with Gasteiger partial charge in [0.25, 0.3) is 11.5 Å². The number of nitrogens with zero attached hydrogens (tertiary/aromatic N) is 3. The Bertz CT molecular complexity index is 600. The first kappa shape index (κ1) is 14.3. The van der Waals surface area contributed by atoms with Crippen LogP contribution in [0.5, 0.6) is 0 Å². The maximum absolute atomic E-state index is 12.3. The minimum Gasteiger partial charge on any atom is -0.386 e. The van der Waals surface area contributed by atoms with Crippen LogP contribution in [0, 0.1) is 5.92 Å². The molecule has 0 bridgehead atoms. The third-order valence-corrected chi connectivity index (χ3v) is 4.36. The number of amides is 1. The molecule has 2 fully saturated rings. The Hall–Kier alpha value is -1.69. The Morgan fingerprint density at radius 3 is 2.76 bits per heavy atom. The summed E-state index contributed by atoms with van der Waals surface area (Å²) < 4.78 is 1.35. The van der Waals surface area contributed by atoms with Crippen molar-refractivity contribution in [3.05, 3.63) is 28.2 Å². The lowest BCUT2D eigenvalue weighted by Crippen LogP contribution is -2.64. The molecule has 1 aliphatic carbocycles. The van der Waals surface area contributed by atoms with E-state index in [2.05, 4.69) is 5.10 Å². The molecule has 114 valence electrons. The Morgan fingerprint density at radius 1 is 1.43 bits per heavy atom. The number of β-amino-alcohol motifs (C(OH)–C–C–N with tert-alkyl or cyclic N) is 1. The number of carbonyl (C=O) groups excluding carboxylic acids is 1. The molecular formula is C15H21N3O3. The lowest BCUT2D eigenvalue weighted by atomic mass is 9.88. The third-order valence-electron chi connectivity index (χ3n) is 4.36. The van der Waals surface area contributed by atoms with Crippen LogP contribution in [0.25, 0.3) is 0 Å². The molecule has 1 N–H and O–H groups in total. The van der Waals surface area contributed by atoms with Gasteiger partial charge in [0.05, 0.1) is 13.1 Å². The van der Waals surface area contributed by atoms with Crippen molar-refractivity contribution in [2.45, 2.75) is 44.8 Å². The molecule has 2 heterocycles. The summed E-state index contributed by atoms with van der Waals surface area (Å²) in [6.45, 7) is 3.33. The van der Waals surface area contributed by atoms with E-state index >= 15 is 0 Å². The van der Waals surface area contributed by atoms with Crippen LogP contribution in [0.15, 0.2) is 16.9 Å². The van der Waals surface area contributed by atoms with Crippen molar-refractivity contribution >= 4 is 5.91 Å². The molecule has 0 unspecified atom stereocenters. The van der Waals surface area contributed by atoms with Crippen LogP contribution in [0.3, 0.4) is 0 Å². The number of hydrogen-bond donors (Lipinski definition) is 1. The smallest absolute Gasteiger partial charge is 0.274 e. The summed E-state index contributed by atoms with van der Waals surface area (Å²) in [5.41, 5.74) is -0.589. The van der Waals surface area contributed by atoms with Gasteiger partial charge in [-0.15, -0.1) is 0 Å². The van der Waals surface area contributed by atoms with Crippen molar-refractivity contribution in [1.82, 2.24) is 14.7 Å². The molecule has 1 aromatic heterocycles. The van der Waals surface area contributed by atoms with Crippen molar-refractivity contribution in [2.24, 2.45) is 5.92 Å². The second-order valence-corrected chi connectivity index (χ2v) is 6.17. The largest absolute Gasteiger partial charge is 0.386 e. The van der Waals surface area contributed by atoms with Crippen molar-refractivity contribution in [1.29, 1.82) is 0 Å². The topological polar surface area (TPSA) is 75.4 Å². The number of carbonyl (C=O) groups is 1. The molecule has 0 aromatic carbocycles. The number of rotatable bonds is 5. The number of hydrogen-bond acceptors (Lipinski definition) is 4. The SMILES string of the molecule is CCCCn1nc(C(=O)N2CC(O)(C3CC3)C2)ccc1=O. The molecule has 0 spiro atoms. The van der Waals surface area contributed by atoms with Crippen molar-refractivity contribution in [3.8, 4) is 0 Å². The summed E-state index contributed by atoms with van der Waals surface area (Å²) in [5.74, 6) is 0.151. The van der Waals surface area contributed by atoms with Gasteiger partial charge in [0, 0.05) is 12.6 Å². The minimum absolute atomic E-state index is 0.182. The van der Waals surface area contributed by atoms with E-state index in [1.54, 1.807) is 4.90 Å². The number of unbranched alkanes of at least 4 members (excludes halogenated alkanes) is 1. The van der Waals surface area contributed by atoms with Gasteiger partial charge in [0.15, 0.2) is 0 Å². The summed E-state index contributed by atoms with van der Waals surface area (Å²) >= 11 is 0. The van der Waals surface area contributed by atoms with Crippen molar-refractivity contribution < 1.29 is 9.90 Å². The van der Waals surface area contributed by atoms with Gasteiger partial charge in [-0.05, 0) is 31.2 Å². The van der Waals surface area contributed by atoms with Gasteiger partial charge in [-0.3, -0.25) is 9.59 Å². The van der Waals surface area contributed by atoms with E-state index in [9.17, 15) is 14.7 Å². The molecule has 2 aliphatic rings. The van der Waals surface area contributed by atoms with Gasteiger partial charge in [-0.25, -0.2) is 4.68 Å². The van der Waals surface area contributed by atoms with Crippen molar-refractivity contribution in [3.63, 3.8) is 0 Å². The average molecular weight is 291 g/mol. The highest BCUT2D eigenvalue weighted by molar-refractivity contribution is 5.92. The number of aromatic nitrogens is 2. The second-order valence-electron chi connectivity index (χ2n) is 6.17. The lowest BCUT2D eigenvalue weighted by Gasteiger charge is -2.46. The van der Waals surface area contributed by atoms with Gasteiger partial charge in [-0.2, -0.15) is 5.10 Å². The van der Waals surface area contributed by atoms with E-state index < -0.39 is 5.60 Å². The zero-order valence-electron chi connectivity index (χ0n) is 12.3. The van der Waals surface area contributed by atoms with Crippen LogP contribution in [0.1, 0.15) is 43.1 Å². The molecule has 6 heteroatoms. The molecule has 3 rings (SSSR count). The third kappa shape index (κ3) is 2.72. The van der Waals surface area contributed by atoms with Crippen LogP contribution >= 0.6 is 0 Å². The van der Waals surface area contributed by atoms with Gasteiger partial charge < -0.3 is 10.0 Å². The van der Waals surface area contributed by atoms with Gasteiger partial charge in [0.1, 0.15) is 11.3 Å². The quantitative estimate of drug-likeness (QED) is 0.864. The van der Waals surface area contributed by atoms with Crippen LogP contribution in [-0.2, 0) is 6.54 Å². The zero-order valence-corrected chi connectivity index (χ0v) is 12.3. The summed E-state index contributed by atoms with van der Waals surface area (Å²) in [5, 5.41) is 14.4. The zero-order chi connectivity index (χ0) is 15.0. The van der Waals surface area contributed by atoms with E-state index in [0.29, 0.717) is 25.6 Å². The lowest BCUT2D eigenvalue weighted by molar-refractivity contribution is -0.0960. The standard InChI is InChI=1S/C15H21N3O3/c1-2-3-8-18-13(19)7-6-12(16-18)14(20)17-9-15(21,10-17)11-4-5-11/h6-7,11,21H,2-5,8-10H2,1H3. The molecule has 1 aliphatic heterocycles. The fraction of sp³-hybridized carbons (Fsp3) is 0.667. The Labute approximate surface area is 123 Å². The molecule has 1 saturated carbocycles. The van der Waals surface area contributed by atoms with E-state index in [-0.39, 0.29) is 17.2 Å².